The second-order valence-corrected chi connectivity index (χ2v) is 5.97. The lowest BCUT2D eigenvalue weighted by Crippen LogP contribution is -2.36. The summed E-state index contributed by atoms with van der Waals surface area (Å²) in [6.45, 7) is 8.67. The number of nitrogens with zero attached hydrogens (tertiary/aromatic N) is 1. The first kappa shape index (κ1) is 11.0. The van der Waals surface area contributed by atoms with Crippen LogP contribution in [0, 0.1) is 0 Å². The quantitative estimate of drug-likeness (QED) is 0.733. The zero-order valence-corrected chi connectivity index (χ0v) is 11.1. The van der Waals surface area contributed by atoms with Crippen LogP contribution in [-0.4, -0.2) is 10.4 Å². The van der Waals surface area contributed by atoms with E-state index in [1.54, 1.807) is 0 Å². The van der Waals surface area contributed by atoms with E-state index in [1.165, 1.54) is 15.6 Å². The van der Waals surface area contributed by atoms with Gasteiger partial charge < -0.3 is 5.73 Å². The lowest BCUT2D eigenvalue weighted by atomic mass is 10.1. The van der Waals surface area contributed by atoms with Crippen molar-refractivity contribution in [3.8, 4) is 0 Å². The molecule has 0 saturated heterocycles. The fourth-order valence-corrected chi connectivity index (χ4v) is 2.45. The Kier molecular flexibility index (Phi) is 2.55. The van der Waals surface area contributed by atoms with Gasteiger partial charge >= 0.3 is 0 Å². The molecule has 3 heteroatoms. The molecule has 1 aromatic rings. The van der Waals surface area contributed by atoms with Gasteiger partial charge in [0.25, 0.3) is 0 Å². The molecule has 0 atom stereocenters. The Balaban J connectivity index is 2.39. The Morgan fingerprint density at radius 1 is 1.20 bits per heavy atom. The lowest BCUT2D eigenvalue weighted by molar-refractivity contribution is 0.136. The maximum Gasteiger partial charge on any atom is 0.0363 e. The summed E-state index contributed by atoms with van der Waals surface area (Å²) >= 11 is 3.59. The minimum atomic E-state index is 0.199. The van der Waals surface area contributed by atoms with Gasteiger partial charge in [0.1, 0.15) is 0 Å². The van der Waals surface area contributed by atoms with Crippen LogP contribution in [0.25, 0.3) is 0 Å². The van der Waals surface area contributed by atoms with Crippen molar-refractivity contribution >= 4 is 21.6 Å². The number of rotatable bonds is 0. The van der Waals surface area contributed by atoms with E-state index in [0.717, 1.165) is 18.8 Å². The fraction of sp³-hybridized carbons (Fsp3) is 0.500. The number of fused-ring (bicyclic) bond motifs is 1. The molecule has 0 aromatic heterocycles. The second-order valence-electron chi connectivity index (χ2n) is 5.12. The average Bonchev–Trinajstić information content (AvgIpc) is 2.56. The van der Waals surface area contributed by atoms with Crippen molar-refractivity contribution in [2.45, 2.75) is 39.4 Å². The van der Waals surface area contributed by atoms with Crippen LogP contribution in [0.4, 0.5) is 5.69 Å². The third kappa shape index (κ3) is 1.91. The van der Waals surface area contributed by atoms with Crippen LogP contribution in [0.2, 0.25) is 0 Å². The molecule has 15 heavy (non-hydrogen) atoms. The molecular formula is C12H17BrN2. The normalized spacial score (nSPS) is 16.8. The lowest BCUT2D eigenvalue weighted by Gasteiger charge is -2.31. The summed E-state index contributed by atoms with van der Waals surface area (Å²) in [6.07, 6.45) is 0. The molecular weight excluding hydrogens is 252 g/mol. The molecule has 0 fully saturated rings. The molecule has 0 unspecified atom stereocenters. The van der Waals surface area contributed by atoms with Gasteiger partial charge in [-0.25, -0.2) is 0 Å². The molecule has 1 aliphatic heterocycles. The highest BCUT2D eigenvalue weighted by Crippen LogP contribution is 2.36. The van der Waals surface area contributed by atoms with E-state index in [-0.39, 0.29) is 5.54 Å². The van der Waals surface area contributed by atoms with Gasteiger partial charge in [-0.15, -0.1) is 0 Å². The first-order valence-corrected chi connectivity index (χ1v) is 5.99. The first-order chi connectivity index (χ1) is 6.89. The number of nitrogens with two attached hydrogens (primary N) is 1. The first-order valence-electron chi connectivity index (χ1n) is 5.20. The second kappa shape index (κ2) is 3.49. The van der Waals surface area contributed by atoms with E-state index in [4.69, 9.17) is 5.73 Å². The van der Waals surface area contributed by atoms with E-state index >= 15 is 0 Å². The number of hydrogen-bond acceptors (Lipinski definition) is 2. The highest BCUT2D eigenvalue weighted by atomic mass is 79.9. The number of hydrogen-bond donors (Lipinski definition) is 1. The van der Waals surface area contributed by atoms with Gasteiger partial charge in [-0.1, -0.05) is 15.9 Å². The van der Waals surface area contributed by atoms with Gasteiger partial charge in [0.15, 0.2) is 0 Å². The predicted molar refractivity (Wildman–Crippen MR) is 67.6 cm³/mol. The van der Waals surface area contributed by atoms with E-state index in [2.05, 4.69) is 41.6 Å². The standard InChI is InChI=1S/C12H17BrN2/c1-12(2,3)15-6-8-9(7-15)11(14)5-4-10(8)13/h4-5H,6-7,14H2,1-3H3. The smallest absolute Gasteiger partial charge is 0.0363 e. The molecule has 82 valence electrons. The van der Waals surface area contributed by atoms with E-state index < -0.39 is 0 Å². The molecule has 0 aliphatic carbocycles. The minimum absolute atomic E-state index is 0.199. The predicted octanol–water partition coefficient (Wildman–Crippen LogP) is 3.15. The van der Waals surface area contributed by atoms with Gasteiger partial charge in [-0.2, -0.15) is 0 Å². The van der Waals surface area contributed by atoms with Crippen LogP contribution < -0.4 is 5.73 Å². The summed E-state index contributed by atoms with van der Waals surface area (Å²) in [4.78, 5) is 2.44. The Bertz CT molecular complexity index is 362. The number of halogens is 1. The maximum absolute atomic E-state index is 6.00. The van der Waals surface area contributed by atoms with Gasteiger partial charge in [0.2, 0.25) is 0 Å². The number of benzene rings is 1. The summed E-state index contributed by atoms with van der Waals surface area (Å²) in [7, 11) is 0. The molecule has 0 amide bonds. The molecule has 0 saturated carbocycles. The Hall–Kier alpha value is -0.540. The minimum Gasteiger partial charge on any atom is -0.398 e. The topological polar surface area (TPSA) is 29.3 Å². The van der Waals surface area contributed by atoms with Gasteiger partial charge in [0, 0.05) is 28.8 Å². The highest BCUT2D eigenvalue weighted by Gasteiger charge is 2.30. The molecule has 2 N–H and O–H groups in total. The van der Waals surface area contributed by atoms with Crippen molar-refractivity contribution in [1.29, 1.82) is 0 Å². The fourth-order valence-electron chi connectivity index (χ4n) is 1.95. The summed E-state index contributed by atoms with van der Waals surface area (Å²) in [5.74, 6) is 0. The summed E-state index contributed by atoms with van der Waals surface area (Å²) in [5, 5.41) is 0. The summed E-state index contributed by atoms with van der Waals surface area (Å²) < 4.78 is 1.18. The average molecular weight is 269 g/mol. The third-order valence-electron chi connectivity index (χ3n) is 3.06. The number of anilines is 1. The molecule has 0 radical (unpaired) electrons. The van der Waals surface area contributed by atoms with Crippen molar-refractivity contribution in [1.82, 2.24) is 4.90 Å². The van der Waals surface area contributed by atoms with Crippen LogP contribution in [0.5, 0.6) is 0 Å². The highest BCUT2D eigenvalue weighted by molar-refractivity contribution is 9.10. The van der Waals surface area contributed by atoms with E-state index in [9.17, 15) is 0 Å². The zero-order valence-electron chi connectivity index (χ0n) is 9.47. The van der Waals surface area contributed by atoms with Crippen molar-refractivity contribution < 1.29 is 0 Å². The van der Waals surface area contributed by atoms with Crippen LogP contribution >= 0.6 is 15.9 Å². The van der Waals surface area contributed by atoms with Crippen LogP contribution in [0.1, 0.15) is 31.9 Å². The zero-order chi connectivity index (χ0) is 11.2. The van der Waals surface area contributed by atoms with Crippen molar-refractivity contribution in [2.24, 2.45) is 0 Å². The maximum atomic E-state index is 6.00. The molecule has 2 nitrogen and oxygen atoms in total. The third-order valence-corrected chi connectivity index (χ3v) is 3.80. The SMILES string of the molecule is CC(C)(C)N1Cc2c(N)ccc(Br)c2C1. The molecule has 1 aliphatic rings. The summed E-state index contributed by atoms with van der Waals surface area (Å²) in [5.41, 5.74) is 9.76. The largest absolute Gasteiger partial charge is 0.398 e. The molecule has 0 spiro atoms. The Morgan fingerprint density at radius 2 is 1.80 bits per heavy atom. The Morgan fingerprint density at radius 3 is 2.33 bits per heavy atom. The van der Waals surface area contributed by atoms with Crippen molar-refractivity contribution in [3.05, 3.63) is 27.7 Å². The van der Waals surface area contributed by atoms with E-state index in [1.807, 2.05) is 12.1 Å². The van der Waals surface area contributed by atoms with Crippen LogP contribution in [0.3, 0.4) is 0 Å². The van der Waals surface area contributed by atoms with Gasteiger partial charge in [-0.3, -0.25) is 4.90 Å². The van der Waals surface area contributed by atoms with Crippen molar-refractivity contribution in [3.63, 3.8) is 0 Å². The van der Waals surface area contributed by atoms with E-state index in [0.29, 0.717) is 0 Å². The summed E-state index contributed by atoms with van der Waals surface area (Å²) in [6, 6.07) is 4.02. The van der Waals surface area contributed by atoms with Crippen LogP contribution in [0.15, 0.2) is 16.6 Å². The molecule has 0 bridgehead atoms. The van der Waals surface area contributed by atoms with Crippen LogP contribution in [-0.2, 0) is 13.1 Å². The van der Waals surface area contributed by atoms with Gasteiger partial charge in [0.05, 0.1) is 0 Å². The van der Waals surface area contributed by atoms with Crippen molar-refractivity contribution in [2.75, 3.05) is 5.73 Å². The number of nitrogen functional groups attached to an aromatic ring is 1. The Labute approximate surface area is 99.6 Å². The molecule has 2 rings (SSSR count). The van der Waals surface area contributed by atoms with Gasteiger partial charge in [-0.05, 0) is 44.0 Å². The monoisotopic (exact) mass is 268 g/mol. The molecule has 1 heterocycles. The molecule has 1 aromatic carbocycles.